The van der Waals surface area contributed by atoms with Crippen LogP contribution in [0.2, 0.25) is 5.02 Å². The lowest BCUT2D eigenvalue weighted by molar-refractivity contribution is -0.148. The molecule has 1 aromatic carbocycles. The van der Waals surface area contributed by atoms with Crippen molar-refractivity contribution in [2.24, 2.45) is 0 Å². The molecule has 1 saturated heterocycles. The fraction of sp³-hybridized carbons (Fsp3) is 0.467. The number of rotatable bonds is 5. The first-order valence-corrected chi connectivity index (χ1v) is 7.40. The molecule has 5 nitrogen and oxygen atoms in total. The molecule has 0 radical (unpaired) electrons. The highest BCUT2D eigenvalue weighted by molar-refractivity contribution is 6.31. The summed E-state index contributed by atoms with van der Waals surface area (Å²) in [6, 6.07) is 7.02. The summed E-state index contributed by atoms with van der Waals surface area (Å²) in [5, 5.41) is 3.45. The summed E-state index contributed by atoms with van der Waals surface area (Å²) in [6.07, 6.45) is 0.0596. The molecule has 1 N–H and O–H groups in total. The smallest absolute Gasteiger partial charge is 0.307 e. The SMILES string of the molecule is CCOC(=O)C[C@H]1C(=O)NCCN1Cc1ccccc1Cl. The van der Waals surface area contributed by atoms with Crippen LogP contribution < -0.4 is 5.32 Å². The molecule has 1 atom stereocenters. The number of piperazine rings is 1. The summed E-state index contributed by atoms with van der Waals surface area (Å²) < 4.78 is 4.94. The summed E-state index contributed by atoms with van der Waals surface area (Å²) >= 11 is 6.16. The van der Waals surface area contributed by atoms with Gasteiger partial charge in [0.15, 0.2) is 0 Å². The van der Waals surface area contributed by atoms with Crippen molar-refractivity contribution >= 4 is 23.5 Å². The number of hydrogen-bond donors (Lipinski definition) is 1. The normalized spacial score (nSPS) is 19.1. The molecule has 1 aliphatic heterocycles. The van der Waals surface area contributed by atoms with Crippen LogP contribution in [0.1, 0.15) is 18.9 Å². The van der Waals surface area contributed by atoms with Crippen molar-refractivity contribution in [3.05, 3.63) is 34.9 Å². The Hall–Kier alpha value is -1.59. The first-order chi connectivity index (χ1) is 10.1. The largest absolute Gasteiger partial charge is 0.466 e. The highest BCUT2D eigenvalue weighted by Crippen LogP contribution is 2.20. The predicted molar refractivity (Wildman–Crippen MR) is 79.9 cm³/mol. The number of hydrogen-bond acceptors (Lipinski definition) is 4. The van der Waals surface area contributed by atoms with Gasteiger partial charge >= 0.3 is 5.97 Å². The van der Waals surface area contributed by atoms with Crippen molar-refractivity contribution in [3.8, 4) is 0 Å². The first kappa shape index (κ1) is 15.8. The lowest BCUT2D eigenvalue weighted by Crippen LogP contribution is -2.55. The first-order valence-electron chi connectivity index (χ1n) is 7.02. The highest BCUT2D eigenvalue weighted by Gasteiger charge is 2.32. The Bertz CT molecular complexity index is 521. The van der Waals surface area contributed by atoms with E-state index in [1.54, 1.807) is 6.92 Å². The van der Waals surface area contributed by atoms with Crippen LogP contribution in [0.3, 0.4) is 0 Å². The molecule has 1 heterocycles. The van der Waals surface area contributed by atoms with E-state index < -0.39 is 6.04 Å². The molecule has 0 spiro atoms. The van der Waals surface area contributed by atoms with Gasteiger partial charge in [0, 0.05) is 24.7 Å². The molecule has 2 rings (SSSR count). The molecular weight excluding hydrogens is 292 g/mol. The number of amides is 1. The predicted octanol–water partition coefficient (Wildman–Crippen LogP) is 1.59. The van der Waals surface area contributed by atoms with Crippen LogP contribution in [0.4, 0.5) is 0 Å². The Labute approximate surface area is 129 Å². The van der Waals surface area contributed by atoms with Crippen LogP contribution in [-0.4, -0.2) is 42.5 Å². The maximum Gasteiger partial charge on any atom is 0.307 e. The molecule has 0 aromatic heterocycles. The summed E-state index contributed by atoms with van der Waals surface area (Å²) in [7, 11) is 0. The van der Waals surface area contributed by atoms with Gasteiger partial charge in [-0.25, -0.2) is 0 Å². The molecule has 1 fully saturated rings. The van der Waals surface area contributed by atoms with E-state index in [9.17, 15) is 9.59 Å². The summed E-state index contributed by atoms with van der Waals surface area (Å²) in [5.41, 5.74) is 0.947. The van der Waals surface area contributed by atoms with Crippen molar-refractivity contribution in [2.45, 2.75) is 25.9 Å². The van der Waals surface area contributed by atoms with Gasteiger partial charge in [-0.05, 0) is 18.6 Å². The van der Waals surface area contributed by atoms with E-state index in [4.69, 9.17) is 16.3 Å². The Morgan fingerprint density at radius 3 is 2.95 bits per heavy atom. The molecule has 0 saturated carbocycles. The van der Waals surface area contributed by atoms with E-state index in [2.05, 4.69) is 5.32 Å². The van der Waals surface area contributed by atoms with Crippen molar-refractivity contribution in [1.82, 2.24) is 10.2 Å². The number of nitrogens with zero attached hydrogens (tertiary/aromatic N) is 1. The lowest BCUT2D eigenvalue weighted by Gasteiger charge is -2.34. The number of carbonyl (C=O) groups is 2. The number of ether oxygens (including phenoxy) is 1. The lowest BCUT2D eigenvalue weighted by atomic mass is 10.1. The molecule has 114 valence electrons. The Morgan fingerprint density at radius 1 is 1.48 bits per heavy atom. The third-order valence-electron chi connectivity index (χ3n) is 3.44. The van der Waals surface area contributed by atoms with Gasteiger partial charge in [0.25, 0.3) is 0 Å². The Morgan fingerprint density at radius 2 is 2.24 bits per heavy atom. The molecule has 1 aliphatic rings. The van der Waals surface area contributed by atoms with E-state index in [0.29, 0.717) is 31.3 Å². The van der Waals surface area contributed by atoms with E-state index in [1.165, 1.54) is 0 Å². The zero-order chi connectivity index (χ0) is 15.2. The van der Waals surface area contributed by atoms with Crippen LogP contribution >= 0.6 is 11.6 Å². The standard InChI is InChI=1S/C15H19ClN2O3/c1-2-21-14(19)9-13-15(20)17-7-8-18(13)10-11-5-3-4-6-12(11)16/h3-6,13H,2,7-10H2,1H3,(H,17,20)/t13-/m0/s1. The number of nitrogens with one attached hydrogen (secondary N) is 1. The summed E-state index contributed by atoms with van der Waals surface area (Å²) in [4.78, 5) is 25.7. The van der Waals surface area contributed by atoms with Crippen molar-refractivity contribution in [1.29, 1.82) is 0 Å². The third-order valence-corrected chi connectivity index (χ3v) is 3.81. The summed E-state index contributed by atoms with van der Waals surface area (Å²) in [5.74, 6) is -0.495. The second-order valence-corrected chi connectivity index (χ2v) is 5.29. The average molecular weight is 311 g/mol. The van der Waals surface area contributed by atoms with Gasteiger partial charge in [-0.15, -0.1) is 0 Å². The molecule has 0 bridgehead atoms. The van der Waals surface area contributed by atoms with Crippen LogP contribution in [0, 0.1) is 0 Å². The highest BCUT2D eigenvalue weighted by atomic mass is 35.5. The van der Waals surface area contributed by atoms with E-state index in [1.807, 2.05) is 29.2 Å². The minimum absolute atomic E-state index is 0.0596. The van der Waals surface area contributed by atoms with Crippen molar-refractivity contribution < 1.29 is 14.3 Å². The van der Waals surface area contributed by atoms with Crippen LogP contribution in [0.25, 0.3) is 0 Å². The van der Waals surface area contributed by atoms with Crippen LogP contribution in [0.15, 0.2) is 24.3 Å². The molecule has 6 heteroatoms. The molecule has 0 unspecified atom stereocenters. The summed E-state index contributed by atoms with van der Waals surface area (Å²) in [6.45, 7) is 3.86. The van der Waals surface area contributed by atoms with Gasteiger partial charge in [-0.3, -0.25) is 14.5 Å². The van der Waals surface area contributed by atoms with Crippen molar-refractivity contribution in [2.75, 3.05) is 19.7 Å². The fourth-order valence-corrected chi connectivity index (χ4v) is 2.59. The molecular formula is C15H19ClN2O3. The third kappa shape index (κ3) is 4.19. The van der Waals surface area contributed by atoms with Gasteiger partial charge in [-0.2, -0.15) is 0 Å². The second kappa shape index (κ2) is 7.43. The quantitative estimate of drug-likeness (QED) is 0.839. The van der Waals surface area contributed by atoms with Gasteiger partial charge in [0.2, 0.25) is 5.91 Å². The topological polar surface area (TPSA) is 58.6 Å². The minimum atomic E-state index is -0.505. The maximum absolute atomic E-state index is 12.0. The zero-order valence-electron chi connectivity index (χ0n) is 12.0. The van der Waals surface area contributed by atoms with E-state index in [-0.39, 0.29) is 18.3 Å². The van der Waals surface area contributed by atoms with Crippen molar-refractivity contribution in [3.63, 3.8) is 0 Å². The van der Waals surface area contributed by atoms with Gasteiger partial charge in [0.1, 0.15) is 6.04 Å². The molecule has 1 aromatic rings. The number of carbonyl (C=O) groups excluding carboxylic acids is 2. The maximum atomic E-state index is 12.0. The fourth-order valence-electron chi connectivity index (χ4n) is 2.40. The molecule has 21 heavy (non-hydrogen) atoms. The number of benzene rings is 1. The Balaban J connectivity index is 2.09. The minimum Gasteiger partial charge on any atom is -0.466 e. The monoisotopic (exact) mass is 310 g/mol. The second-order valence-electron chi connectivity index (χ2n) is 4.88. The van der Waals surface area contributed by atoms with E-state index >= 15 is 0 Å². The van der Waals surface area contributed by atoms with Gasteiger partial charge in [0.05, 0.1) is 13.0 Å². The van der Waals surface area contributed by atoms with E-state index in [0.717, 1.165) is 5.56 Å². The Kier molecular flexibility index (Phi) is 5.59. The average Bonchev–Trinajstić information content (AvgIpc) is 2.45. The number of halogens is 1. The molecule has 1 amide bonds. The van der Waals surface area contributed by atoms with Gasteiger partial charge < -0.3 is 10.1 Å². The van der Waals surface area contributed by atoms with Crippen LogP contribution in [-0.2, 0) is 20.9 Å². The van der Waals surface area contributed by atoms with Crippen LogP contribution in [0.5, 0.6) is 0 Å². The molecule has 0 aliphatic carbocycles. The van der Waals surface area contributed by atoms with Gasteiger partial charge in [-0.1, -0.05) is 29.8 Å². The zero-order valence-corrected chi connectivity index (χ0v) is 12.7. The number of esters is 1.